The van der Waals surface area contributed by atoms with Gasteiger partial charge in [0, 0.05) is 62.3 Å². The number of hydrogen-bond acceptors (Lipinski definition) is 4. The molecule has 0 bridgehead atoms. The van der Waals surface area contributed by atoms with Crippen molar-refractivity contribution in [3.8, 4) is 0 Å². The van der Waals surface area contributed by atoms with E-state index in [1.807, 2.05) is 62.6 Å². The van der Waals surface area contributed by atoms with E-state index in [0.29, 0.717) is 16.9 Å². The molecule has 36 heavy (non-hydrogen) atoms. The van der Waals surface area contributed by atoms with Gasteiger partial charge in [0.1, 0.15) is 11.7 Å². The molecule has 0 spiro atoms. The summed E-state index contributed by atoms with van der Waals surface area (Å²) < 4.78 is 0. The Balaban J connectivity index is 1.56. The van der Waals surface area contributed by atoms with E-state index in [1.165, 1.54) is 6.08 Å². The summed E-state index contributed by atoms with van der Waals surface area (Å²) in [5.41, 5.74) is 4.56. The van der Waals surface area contributed by atoms with Gasteiger partial charge < -0.3 is 21.3 Å². The zero-order valence-corrected chi connectivity index (χ0v) is 20.8. The van der Waals surface area contributed by atoms with Gasteiger partial charge in [0.15, 0.2) is 0 Å². The Morgan fingerprint density at radius 2 is 1.08 bits per heavy atom. The third kappa shape index (κ3) is 6.89. The second kappa shape index (κ2) is 12.7. The Bertz CT molecular complexity index is 1280. The van der Waals surface area contributed by atoms with Crippen LogP contribution in [-0.4, -0.2) is 51.7 Å². The normalized spacial score (nSPS) is 11.8. The van der Waals surface area contributed by atoms with Gasteiger partial charge in [0.25, 0.3) is 5.91 Å². The zero-order chi connectivity index (χ0) is 25.9. The third-order valence-corrected chi connectivity index (χ3v) is 5.36. The van der Waals surface area contributed by atoms with Crippen LogP contribution in [0.5, 0.6) is 0 Å². The van der Waals surface area contributed by atoms with E-state index in [0.717, 1.165) is 28.4 Å². The first kappa shape index (κ1) is 25.9. The van der Waals surface area contributed by atoms with Gasteiger partial charge in [-0.2, -0.15) is 0 Å². The minimum Gasteiger partial charge on any atom is -0.373 e. The summed E-state index contributed by atoms with van der Waals surface area (Å²) in [6.45, 7) is 0. The maximum atomic E-state index is 12.6. The van der Waals surface area contributed by atoms with Crippen LogP contribution in [0, 0.1) is 0 Å². The monoisotopic (exact) mass is 482 g/mol. The maximum Gasteiger partial charge on any atom is 0.255 e. The standard InChI is InChI=1S/C28H30N6O2/c1-29-26(30-2)20-10-14-23(15-11-20)33-25(35)18-7-19-5-8-22(9-6-19)28(36)34-24-16-12-21(13-17-24)27(31-3)32-4/h5-18H,1-4H3,(H,29,30)(H,31,32)(H,33,35)(H,34,36)/b18-7-. The second-order valence-corrected chi connectivity index (χ2v) is 7.70. The van der Waals surface area contributed by atoms with Gasteiger partial charge in [-0.25, -0.2) is 0 Å². The molecule has 0 aliphatic heterocycles. The fourth-order valence-electron chi connectivity index (χ4n) is 3.50. The molecule has 8 heteroatoms. The van der Waals surface area contributed by atoms with E-state index < -0.39 is 0 Å². The van der Waals surface area contributed by atoms with Crippen LogP contribution in [0.15, 0.2) is 88.9 Å². The van der Waals surface area contributed by atoms with E-state index in [1.54, 1.807) is 44.4 Å². The number of aliphatic imine (C=N–C) groups is 2. The fraction of sp³-hybridized carbons (Fsp3) is 0.143. The highest BCUT2D eigenvalue weighted by molar-refractivity contribution is 6.05. The van der Waals surface area contributed by atoms with Gasteiger partial charge in [0.2, 0.25) is 5.91 Å². The topological polar surface area (TPSA) is 107 Å². The summed E-state index contributed by atoms with van der Waals surface area (Å²) in [5.74, 6) is 1.08. The lowest BCUT2D eigenvalue weighted by Gasteiger charge is -2.08. The number of nitrogens with zero attached hydrogens (tertiary/aromatic N) is 2. The van der Waals surface area contributed by atoms with E-state index in [4.69, 9.17) is 0 Å². The lowest BCUT2D eigenvalue weighted by atomic mass is 10.1. The molecular weight excluding hydrogens is 452 g/mol. The molecule has 0 heterocycles. The number of carbonyl (C=O) groups is 2. The number of amidine groups is 2. The molecule has 0 aliphatic rings. The van der Waals surface area contributed by atoms with Gasteiger partial charge in [0.05, 0.1) is 0 Å². The molecule has 184 valence electrons. The molecule has 3 aromatic rings. The first-order chi connectivity index (χ1) is 17.5. The number of rotatable bonds is 7. The molecule has 3 aromatic carbocycles. The van der Waals surface area contributed by atoms with Crippen molar-refractivity contribution in [2.75, 3.05) is 38.8 Å². The molecule has 3 rings (SSSR count). The van der Waals surface area contributed by atoms with Gasteiger partial charge >= 0.3 is 0 Å². The summed E-state index contributed by atoms with van der Waals surface area (Å²) >= 11 is 0. The highest BCUT2D eigenvalue weighted by atomic mass is 16.2. The molecule has 8 nitrogen and oxygen atoms in total. The number of benzene rings is 3. The molecule has 0 saturated carbocycles. The number of nitrogens with one attached hydrogen (secondary N) is 4. The van der Waals surface area contributed by atoms with Gasteiger partial charge in [-0.15, -0.1) is 0 Å². The second-order valence-electron chi connectivity index (χ2n) is 7.70. The van der Waals surface area contributed by atoms with E-state index in [9.17, 15) is 9.59 Å². The Morgan fingerprint density at radius 1 is 0.639 bits per heavy atom. The van der Waals surface area contributed by atoms with E-state index in [2.05, 4.69) is 31.3 Å². The number of carbonyl (C=O) groups excluding carboxylic acids is 2. The number of hydrogen-bond donors (Lipinski definition) is 4. The minimum absolute atomic E-state index is 0.216. The van der Waals surface area contributed by atoms with Crippen LogP contribution >= 0.6 is 0 Å². The first-order valence-corrected chi connectivity index (χ1v) is 11.4. The molecule has 0 atom stereocenters. The number of anilines is 2. The number of amides is 2. The Morgan fingerprint density at radius 3 is 1.53 bits per heavy atom. The van der Waals surface area contributed by atoms with Crippen molar-refractivity contribution in [1.82, 2.24) is 10.6 Å². The van der Waals surface area contributed by atoms with E-state index >= 15 is 0 Å². The predicted molar refractivity (Wildman–Crippen MR) is 148 cm³/mol. The van der Waals surface area contributed by atoms with Crippen LogP contribution in [0.3, 0.4) is 0 Å². The third-order valence-electron chi connectivity index (χ3n) is 5.36. The minimum atomic E-state index is -0.249. The van der Waals surface area contributed by atoms with Crippen molar-refractivity contribution in [3.63, 3.8) is 0 Å². The van der Waals surface area contributed by atoms with Gasteiger partial charge in [-0.05, 0) is 72.3 Å². The Kier molecular flexibility index (Phi) is 9.11. The highest BCUT2D eigenvalue weighted by Gasteiger charge is 2.07. The van der Waals surface area contributed by atoms with Crippen molar-refractivity contribution in [1.29, 1.82) is 0 Å². The van der Waals surface area contributed by atoms with Crippen LogP contribution < -0.4 is 21.3 Å². The summed E-state index contributed by atoms with van der Waals surface area (Å²) in [6.07, 6.45) is 3.15. The predicted octanol–water partition coefficient (Wildman–Crippen LogP) is 3.78. The largest absolute Gasteiger partial charge is 0.373 e. The molecular formula is C28H30N6O2. The summed E-state index contributed by atoms with van der Waals surface area (Å²) in [5, 5.41) is 11.8. The van der Waals surface area contributed by atoms with Gasteiger partial charge in [-0.3, -0.25) is 19.6 Å². The lowest BCUT2D eigenvalue weighted by molar-refractivity contribution is -0.111. The van der Waals surface area contributed by atoms with E-state index in [-0.39, 0.29) is 11.8 Å². The van der Waals surface area contributed by atoms with Crippen LogP contribution in [0.25, 0.3) is 6.08 Å². The average Bonchev–Trinajstić information content (AvgIpc) is 2.91. The van der Waals surface area contributed by atoms with Crippen molar-refractivity contribution in [2.24, 2.45) is 9.98 Å². The van der Waals surface area contributed by atoms with Crippen LogP contribution in [0.4, 0.5) is 11.4 Å². The first-order valence-electron chi connectivity index (χ1n) is 11.4. The van der Waals surface area contributed by atoms with Crippen LogP contribution in [0.1, 0.15) is 27.0 Å². The van der Waals surface area contributed by atoms with Crippen molar-refractivity contribution < 1.29 is 9.59 Å². The van der Waals surface area contributed by atoms with Gasteiger partial charge in [-0.1, -0.05) is 12.1 Å². The maximum absolute atomic E-state index is 12.6. The van der Waals surface area contributed by atoms with Crippen LogP contribution in [0.2, 0.25) is 0 Å². The highest BCUT2D eigenvalue weighted by Crippen LogP contribution is 2.14. The molecule has 0 radical (unpaired) electrons. The Labute approximate surface area is 211 Å². The average molecular weight is 483 g/mol. The fourth-order valence-corrected chi connectivity index (χ4v) is 3.50. The molecule has 0 unspecified atom stereocenters. The summed E-state index contributed by atoms with van der Waals surface area (Å²) in [6, 6.07) is 21.9. The molecule has 0 aliphatic carbocycles. The molecule has 0 aromatic heterocycles. The summed E-state index contributed by atoms with van der Waals surface area (Å²) in [4.78, 5) is 33.2. The lowest BCUT2D eigenvalue weighted by Crippen LogP contribution is -2.19. The zero-order valence-electron chi connectivity index (χ0n) is 20.8. The quantitative estimate of drug-likeness (QED) is 0.234. The molecule has 2 amide bonds. The smallest absolute Gasteiger partial charge is 0.255 e. The van der Waals surface area contributed by atoms with Crippen LogP contribution in [-0.2, 0) is 4.79 Å². The SMILES string of the molecule is CN=C(NC)c1ccc(NC(=O)/C=C\c2ccc(C(=O)Nc3ccc(C(=NC)NC)cc3)cc2)cc1. The molecule has 0 saturated heterocycles. The molecule has 0 fully saturated rings. The molecule has 4 N–H and O–H groups in total. The Hall–Kier alpha value is -4.72. The van der Waals surface area contributed by atoms with Crippen molar-refractivity contribution in [2.45, 2.75) is 0 Å². The van der Waals surface area contributed by atoms with Crippen molar-refractivity contribution in [3.05, 3.63) is 101 Å². The summed E-state index contributed by atoms with van der Waals surface area (Å²) in [7, 11) is 7.05. The van der Waals surface area contributed by atoms with Crippen molar-refractivity contribution >= 4 is 40.9 Å².